The van der Waals surface area contributed by atoms with Gasteiger partial charge in [0.05, 0.1) is 4.92 Å². The molecule has 0 spiro atoms. The molecule has 2 N–H and O–H groups in total. The summed E-state index contributed by atoms with van der Waals surface area (Å²) in [6, 6.07) is 2.27. The molecule has 1 fully saturated rings. The molecule has 0 aromatic carbocycles. The Balaban J connectivity index is 2.38. The third-order valence-corrected chi connectivity index (χ3v) is 3.11. The summed E-state index contributed by atoms with van der Waals surface area (Å²) in [4.78, 5) is 26.7. The lowest BCUT2D eigenvalue weighted by Gasteiger charge is -2.17. The van der Waals surface area contributed by atoms with Gasteiger partial charge in [-0.2, -0.15) is 0 Å². The van der Waals surface area contributed by atoms with Crippen LogP contribution in [0.15, 0.2) is 12.1 Å². The summed E-state index contributed by atoms with van der Waals surface area (Å²) in [5.41, 5.74) is -0.448. The lowest BCUT2D eigenvalue weighted by Crippen LogP contribution is -2.23. The van der Waals surface area contributed by atoms with E-state index in [0.29, 0.717) is 19.5 Å². The number of nitrogens with zero attached hydrogens (tertiary/aromatic N) is 3. The molecule has 0 radical (unpaired) electrons. The smallest absolute Gasteiger partial charge is 0.354 e. The summed E-state index contributed by atoms with van der Waals surface area (Å²) in [7, 11) is 0. The highest BCUT2D eigenvalue weighted by Crippen LogP contribution is 2.30. The van der Waals surface area contributed by atoms with Crippen LogP contribution < -0.4 is 4.90 Å². The number of anilines is 1. The van der Waals surface area contributed by atoms with Crippen LogP contribution in [-0.2, 0) is 0 Å². The fraction of sp³-hybridized carbons (Fsp3) is 0.455. The molecule has 1 aromatic heterocycles. The van der Waals surface area contributed by atoms with Gasteiger partial charge in [-0.25, -0.2) is 9.78 Å². The average Bonchev–Trinajstić information content (AvgIpc) is 2.86. The first-order chi connectivity index (χ1) is 9.02. The van der Waals surface area contributed by atoms with Crippen LogP contribution in [0.4, 0.5) is 11.5 Å². The van der Waals surface area contributed by atoms with Gasteiger partial charge in [0.1, 0.15) is 0 Å². The highest BCUT2D eigenvalue weighted by atomic mass is 16.6. The van der Waals surface area contributed by atoms with E-state index in [9.17, 15) is 14.9 Å². The molecule has 8 nitrogen and oxygen atoms in total. The maximum atomic E-state index is 11.0. The SMILES string of the molecule is O=C(O)c1ccc([N+](=O)[O-])c(N2CCC(CO)C2)n1. The van der Waals surface area contributed by atoms with Crippen LogP contribution in [0.25, 0.3) is 0 Å². The molecule has 19 heavy (non-hydrogen) atoms. The Morgan fingerprint density at radius 1 is 1.58 bits per heavy atom. The fourth-order valence-corrected chi connectivity index (χ4v) is 2.11. The molecule has 1 unspecified atom stereocenters. The van der Waals surface area contributed by atoms with Gasteiger partial charge in [-0.05, 0) is 12.5 Å². The number of carboxylic acids is 1. The van der Waals surface area contributed by atoms with Crippen molar-refractivity contribution in [3.63, 3.8) is 0 Å². The van der Waals surface area contributed by atoms with Gasteiger partial charge in [-0.15, -0.1) is 0 Å². The number of aromatic nitrogens is 1. The zero-order chi connectivity index (χ0) is 14.0. The van der Waals surface area contributed by atoms with Gasteiger partial charge in [-0.1, -0.05) is 0 Å². The van der Waals surface area contributed by atoms with E-state index in [1.54, 1.807) is 4.90 Å². The summed E-state index contributed by atoms with van der Waals surface area (Å²) in [5, 5.41) is 28.9. The van der Waals surface area contributed by atoms with Crippen molar-refractivity contribution in [1.82, 2.24) is 4.98 Å². The van der Waals surface area contributed by atoms with E-state index in [2.05, 4.69) is 4.98 Å². The van der Waals surface area contributed by atoms with Crippen LogP contribution in [-0.4, -0.2) is 45.8 Å². The number of aliphatic hydroxyl groups is 1. The first kappa shape index (κ1) is 13.2. The highest BCUT2D eigenvalue weighted by Gasteiger charge is 2.29. The van der Waals surface area contributed by atoms with Crippen LogP contribution in [0.2, 0.25) is 0 Å². The third-order valence-electron chi connectivity index (χ3n) is 3.11. The Hall–Kier alpha value is -2.22. The summed E-state index contributed by atoms with van der Waals surface area (Å²) in [6.07, 6.45) is 0.701. The largest absolute Gasteiger partial charge is 0.477 e. The molecule has 0 aliphatic carbocycles. The number of carboxylic acid groups (broad SMARTS) is 1. The zero-order valence-corrected chi connectivity index (χ0v) is 10.0. The monoisotopic (exact) mass is 267 g/mol. The van der Waals surface area contributed by atoms with Crippen LogP contribution >= 0.6 is 0 Å². The van der Waals surface area contributed by atoms with Crippen molar-refractivity contribution in [2.45, 2.75) is 6.42 Å². The number of aliphatic hydroxyl groups excluding tert-OH is 1. The van der Waals surface area contributed by atoms with E-state index in [0.717, 1.165) is 12.1 Å². The summed E-state index contributed by atoms with van der Waals surface area (Å²) in [5.74, 6) is -1.13. The number of carbonyl (C=O) groups is 1. The number of nitro groups is 1. The van der Waals surface area contributed by atoms with Crippen molar-refractivity contribution in [2.24, 2.45) is 5.92 Å². The lowest BCUT2D eigenvalue weighted by atomic mass is 10.1. The molecule has 1 aliphatic rings. The number of aromatic carboxylic acids is 1. The fourth-order valence-electron chi connectivity index (χ4n) is 2.11. The summed E-state index contributed by atoms with van der Waals surface area (Å²) < 4.78 is 0. The molecule has 102 valence electrons. The Morgan fingerprint density at radius 3 is 2.84 bits per heavy atom. The second-order valence-corrected chi connectivity index (χ2v) is 4.38. The van der Waals surface area contributed by atoms with E-state index < -0.39 is 10.9 Å². The van der Waals surface area contributed by atoms with Crippen molar-refractivity contribution >= 4 is 17.5 Å². The normalized spacial score (nSPS) is 18.6. The minimum atomic E-state index is -1.23. The number of pyridine rings is 1. The van der Waals surface area contributed by atoms with Crippen molar-refractivity contribution in [3.8, 4) is 0 Å². The Kier molecular flexibility index (Phi) is 3.61. The van der Waals surface area contributed by atoms with Crippen LogP contribution in [0.3, 0.4) is 0 Å². The van der Waals surface area contributed by atoms with Crippen molar-refractivity contribution in [1.29, 1.82) is 0 Å². The van der Waals surface area contributed by atoms with Gasteiger partial charge in [0.2, 0.25) is 5.82 Å². The van der Waals surface area contributed by atoms with Gasteiger partial charge < -0.3 is 15.1 Å². The van der Waals surface area contributed by atoms with E-state index in [-0.39, 0.29) is 29.7 Å². The number of hydrogen-bond donors (Lipinski definition) is 2. The quantitative estimate of drug-likeness (QED) is 0.602. The molecule has 8 heteroatoms. The van der Waals surface area contributed by atoms with E-state index in [4.69, 9.17) is 10.2 Å². The van der Waals surface area contributed by atoms with E-state index >= 15 is 0 Å². The molecule has 0 bridgehead atoms. The van der Waals surface area contributed by atoms with Gasteiger partial charge in [0.15, 0.2) is 5.69 Å². The summed E-state index contributed by atoms with van der Waals surface area (Å²) in [6.45, 7) is 0.957. The van der Waals surface area contributed by atoms with Crippen molar-refractivity contribution < 1.29 is 19.9 Å². The maximum absolute atomic E-state index is 11.0. The van der Waals surface area contributed by atoms with Crippen LogP contribution in [0, 0.1) is 16.0 Å². The van der Waals surface area contributed by atoms with Crippen LogP contribution in [0.1, 0.15) is 16.9 Å². The second-order valence-electron chi connectivity index (χ2n) is 4.38. The Morgan fingerprint density at radius 2 is 2.32 bits per heavy atom. The molecule has 0 saturated carbocycles. The molecular formula is C11H13N3O5. The summed E-state index contributed by atoms with van der Waals surface area (Å²) >= 11 is 0. The third kappa shape index (κ3) is 2.63. The molecule has 0 amide bonds. The minimum absolute atomic E-state index is 0.00290. The molecule has 1 atom stereocenters. The number of rotatable bonds is 4. The van der Waals surface area contributed by atoms with E-state index in [1.807, 2.05) is 0 Å². The topological polar surface area (TPSA) is 117 Å². The van der Waals surface area contributed by atoms with Gasteiger partial charge in [0, 0.05) is 31.7 Å². The van der Waals surface area contributed by atoms with Crippen molar-refractivity contribution in [2.75, 3.05) is 24.6 Å². The first-order valence-electron chi connectivity index (χ1n) is 5.77. The highest BCUT2D eigenvalue weighted by molar-refractivity contribution is 5.86. The minimum Gasteiger partial charge on any atom is -0.477 e. The van der Waals surface area contributed by atoms with E-state index in [1.165, 1.54) is 0 Å². The predicted octanol–water partition coefficient (Wildman–Crippen LogP) is 0.507. The second kappa shape index (κ2) is 5.19. The Bertz CT molecular complexity index is 519. The number of hydrogen-bond acceptors (Lipinski definition) is 6. The zero-order valence-electron chi connectivity index (χ0n) is 10.0. The van der Waals surface area contributed by atoms with Crippen LogP contribution in [0.5, 0.6) is 0 Å². The predicted molar refractivity (Wildman–Crippen MR) is 65.3 cm³/mol. The molecule has 2 rings (SSSR count). The van der Waals surface area contributed by atoms with Gasteiger partial charge >= 0.3 is 11.7 Å². The lowest BCUT2D eigenvalue weighted by molar-refractivity contribution is -0.384. The van der Waals surface area contributed by atoms with Gasteiger partial charge in [-0.3, -0.25) is 10.1 Å². The van der Waals surface area contributed by atoms with Crippen molar-refractivity contribution in [3.05, 3.63) is 27.9 Å². The molecule has 1 aromatic rings. The standard InChI is InChI=1S/C11H13N3O5/c15-6-7-3-4-13(5-7)10-9(14(18)19)2-1-8(12-10)11(16)17/h1-2,7,15H,3-6H2,(H,16,17). The average molecular weight is 267 g/mol. The molecule has 1 saturated heterocycles. The molecular weight excluding hydrogens is 254 g/mol. The Labute approximate surface area is 108 Å². The maximum Gasteiger partial charge on any atom is 0.354 e. The first-order valence-corrected chi connectivity index (χ1v) is 5.77. The molecule has 1 aliphatic heterocycles. The molecule has 2 heterocycles. The van der Waals surface area contributed by atoms with Gasteiger partial charge in [0.25, 0.3) is 0 Å².